The first-order valence-corrected chi connectivity index (χ1v) is 7.04. The summed E-state index contributed by atoms with van der Waals surface area (Å²) < 4.78 is 7.00. The second-order valence-electron chi connectivity index (χ2n) is 6.07. The van der Waals surface area contributed by atoms with Crippen molar-refractivity contribution in [3.8, 4) is 11.4 Å². The van der Waals surface area contributed by atoms with Crippen LogP contribution in [0.15, 0.2) is 18.6 Å². The predicted molar refractivity (Wildman–Crippen MR) is 83.0 cm³/mol. The standard InChI is InChI=1S/C14H17N7O2/c1-8-6-21-7-10(18-13(22)23-14(2,3)4)17-12(21)11(16-8)9-5-15-20-19-9/h5-7H,1-4H3,(H,18,22)(H,15,19,20). The van der Waals surface area contributed by atoms with Gasteiger partial charge in [-0.2, -0.15) is 15.4 Å². The summed E-state index contributed by atoms with van der Waals surface area (Å²) in [5.41, 5.74) is 1.93. The predicted octanol–water partition coefficient (Wildman–Crippen LogP) is 2.17. The van der Waals surface area contributed by atoms with Crippen LogP contribution < -0.4 is 5.32 Å². The SMILES string of the molecule is Cc1cn2cc(NC(=O)OC(C)(C)C)nc2c(-c2cn[nH]n2)n1. The molecule has 120 valence electrons. The van der Waals surface area contributed by atoms with Crippen molar-refractivity contribution in [3.63, 3.8) is 0 Å². The Labute approximate surface area is 132 Å². The quantitative estimate of drug-likeness (QED) is 0.750. The van der Waals surface area contributed by atoms with E-state index in [1.807, 2.05) is 13.1 Å². The average molecular weight is 315 g/mol. The van der Waals surface area contributed by atoms with Crippen LogP contribution >= 0.6 is 0 Å². The molecule has 3 aromatic rings. The number of nitrogens with zero attached hydrogens (tertiary/aromatic N) is 5. The number of aromatic amines is 1. The summed E-state index contributed by atoms with van der Waals surface area (Å²) in [5.74, 6) is 0.372. The van der Waals surface area contributed by atoms with Gasteiger partial charge in [-0.05, 0) is 27.7 Å². The van der Waals surface area contributed by atoms with Crippen LogP contribution in [0.25, 0.3) is 17.0 Å². The molecule has 2 N–H and O–H groups in total. The summed E-state index contributed by atoms with van der Waals surface area (Å²) in [5, 5.41) is 13.0. The number of rotatable bonds is 2. The zero-order valence-electron chi connectivity index (χ0n) is 13.3. The second kappa shape index (κ2) is 5.34. The zero-order chi connectivity index (χ0) is 16.6. The molecular formula is C14H17N7O2. The lowest BCUT2D eigenvalue weighted by Crippen LogP contribution is -2.27. The van der Waals surface area contributed by atoms with E-state index in [1.54, 1.807) is 37.6 Å². The topological polar surface area (TPSA) is 110 Å². The minimum Gasteiger partial charge on any atom is -0.444 e. The summed E-state index contributed by atoms with van der Waals surface area (Å²) in [7, 11) is 0. The Kier molecular flexibility index (Phi) is 3.47. The van der Waals surface area contributed by atoms with Gasteiger partial charge in [-0.25, -0.2) is 14.8 Å². The highest BCUT2D eigenvalue weighted by Crippen LogP contribution is 2.22. The van der Waals surface area contributed by atoms with Crippen LogP contribution in [0.5, 0.6) is 0 Å². The fraction of sp³-hybridized carbons (Fsp3) is 0.357. The van der Waals surface area contributed by atoms with Gasteiger partial charge in [-0.15, -0.1) is 0 Å². The van der Waals surface area contributed by atoms with Gasteiger partial charge in [0.05, 0.1) is 18.1 Å². The monoisotopic (exact) mass is 315 g/mol. The molecule has 0 aliphatic rings. The van der Waals surface area contributed by atoms with Crippen LogP contribution in [-0.2, 0) is 4.74 Å². The Hall–Kier alpha value is -2.97. The molecule has 9 heteroatoms. The lowest BCUT2D eigenvalue weighted by atomic mass is 10.2. The number of carbonyl (C=O) groups excluding carboxylic acids is 1. The molecule has 0 atom stereocenters. The number of aromatic nitrogens is 6. The molecule has 0 unspecified atom stereocenters. The average Bonchev–Trinajstić information content (AvgIpc) is 3.03. The number of carbonyl (C=O) groups is 1. The van der Waals surface area contributed by atoms with Crippen LogP contribution in [0.2, 0.25) is 0 Å². The van der Waals surface area contributed by atoms with Crippen LogP contribution in [0.1, 0.15) is 26.5 Å². The molecule has 0 saturated heterocycles. The number of imidazole rings is 1. The third kappa shape index (κ3) is 3.28. The minimum absolute atomic E-state index is 0.372. The van der Waals surface area contributed by atoms with Crippen LogP contribution in [0.4, 0.5) is 10.6 Å². The highest BCUT2D eigenvalue weighted by molar-refractivity contribution is 5.85. The number of nitrogens with one attached hydrogen (secondary N) is 2. The van der Waals surface area contributed by atoms with E-state index in [0.717, 1.165) is 5.69 Å². The Balaban J connectivity index is 1.96. The first-order chi connectivity index (χ1) is 10.8. The Morgan fingerprint density at radius 1 is 1.30 bits per heavy atom. The van der Waals surface area contributed by atoms with Gasteiger partial charge in [0, 0.05) is 6.20 Å². The third-order valence-electron chi connectivity index (χ3n) is 2.84. The molecule has 0 fully saturated rings. The Morgan fingerprint density at radius 3 is 2.74 bits per heavy atom. The van der Waals surface area contributed by atoms with Crippen molar-refractivity contribution in [1.82, 2.24) is 29.8 Å². The highest BCUT2D eigenvalue weighted by atomic mass is 16.6. The largest absolute Gasteiger partial charge is 0.444 e. The number of fused-ring (bicyclic) bond motifs is 1. The first-order valence-electron chi connectivity index (χ1n) is 7.04. The molecule has 0 aliphatic carbocycles. The van der Waals surface area contributed by atoms with Gasteiger partial charge in [-0.3, -0.25) is 5.32 Å². The van der Waals surface area contributed by atoms with Crippen molar-refractivity contribution < 1.29 is 9.53 Å². The van der Waals surface area contributed by atoms with E-state index >= 15 is 0 Å². The number of anilines is 1. The molecule has 23 heavy (non-hydrogen) atoms. The molecule has 9 nitrogen and oxygen atoms in total. The third-order valence-corrected chi connectivity index (χ3v) is 2.84. The number of hydrogen-bond donors (Lipinski definition) is 2. The van der Waals surface area contributed by atoms with Crippen LogP contribution in [0, 0.1) is 6.92 Å². The lowest BCUT2D eigenvalue weighted by Gasteiger charge is -2.18. The minimum atomic E-state index is -0.576. The highest BCUT2D eigenvalue weighted by Gasteiger charge is 2.18. The van der Waals surface area contributed by atoms with Gasteiger partial charge in [0.25, 0.3) is 0 Å². The van der Waals surface area contributed by atoms with Gasteiger partial charge in [0.15, 0.2) is 11.5 Å². The Morgan fingerprint density at radius 2 is 2.09 bits per heavy atom. The van der Waals surface area contributed by atoms with Crippen LogP contribution in [-0.4, -0.2) is 41.5 Å². The number of ether oxygens (including phenoxy) is 1. The molecule has 0 spiro atoms. The zero-order valence-corrected chi connectivity index (χ0v) is 13.3. The van der Waals surface area contributed by atoms with Crippen molar-refractivity contribution in [2.24, 2.45) is 0 Å². The molecule has 0 bridgehead atoms. The van der Waals surface area contributed by atoms with Gasteiger partial charge < -0.3 is 9.14 Å². The summed E-state index contributed by atoms with van der Waals surface area (Å²) >= 11 is 0. The van der Waals surface area contributed by atoms with Gasteiger partial charge in [0.2, 0.25) is 0 Å². The number of aryl methyl sites for hydroxylation is 1. The molecular weight excluding hydrogens is 298 g/mol. The van der Waals surface area contributed by atoms with E-state index in [0.29, 0.717) is 22.9 Å². The van der Waals surface area contributed by atoms with Gasteiger partial charge in [0.1, 0.15) is 17.0 Å². The smallest absolute Gasteiger partial charge is 0.413 e. The van der Waals surface area contributed by atoms with E-state index in [1.165, 1.54) is 0 Å². The molecule has 1 amide bonds. The normalized spacial score (nSPS) is 11.7. The number of H-pyrrole nitrogens is 1. The first kappa shape index (κ1) is 14.9. The second-order valence-corrected chi connectivity index (χ2v) is 6.07. The molecule has 3 rings (SSSR count). The van der Waals surface area contributed by atoms with Crippen molar-refractivity contribution in [2.75, 3.05) is 5.32 Å². The molecule has 3 heterocycles. The molecule has 0 aliphatic heterocycles. The van der Waals surface area contributed by atoms with E-state index in [4.69, 9.17) is 4.74 Å². The van der Waals surface area contributed by atoms with Gasteiger partial charge in [-0.1, -0.05) is 0 Å². The maximum absolute atomic E-state index is 11.9. The fourth-order valence-corrected chi connectivity index (χ4v) is 2.08. The summed E-state index contributed by atoms with van der Waals surface area (Å²) in [4.78, 5) is 20.7. The maximum atomic E-state index is 11.9. The van der Waals surface area contributed by atoms with Crippen LogP contribution in [0.3, 0.4) is 0 Å². The summed E-state index contributed by atoms with van der Waals surface area (Å²) in [6.07, 6.45) is 4.51. The van der Waals surface area contributed by atoms with E-state index in [-0.39, 0.29) is 0 Å². The molecule has 3 aromatic heterocycles. The summed E-state index contributed by atoms with van der Waals surface area (Å²) in [6.45, 7) is 7.26. The Bertz CT molecular complexity index is 846. The molecule has 0 saturated carbocycles. The van der Waals surface area contributed by atoms with E-state index in [2.05, 4.69) is 30.7 Å². The molecule has 0 aromatic carbocycles. The van der Waals surface area contributed by atoms with Crippen molar-refractivity contribution >= 4 is 17.6 Å². The molecule has 0 radical (unpaired) electrons. The fourth-order valence-electron chi connectivity index (χ4n) is 2.08. The van der Waals surface area contributed by atoms with Gasteiger partial charge >= 0.3 is 6.09 Å². The van der Waals surface area contributed by atoms with E-state index in [9.17, 15) is 4.79 Å². The number of hydrogen-bond acceptors (Lipinski definition) is 6. The summed E-state index contributed by atoms with van der Waals surface area (Å²) in [6, 6.07) is 0. The van der Waals surface area contributed by atoms with E-state index < -0.39 is 11.7 Å². The van der Waals surface area contributed by atoms with Crippen molar-refractivity contribution in [3.05, 3.63) is 24.3 Å². The maximum Gasteiger partial charge on any atom is 0.413 e. The lowest BCUT2D eigenvalue weighted by molar-refractivity contribution is 0.0635. The van der Waals surface area contributed by atoms with Crippen molar-refractivity contribution in [2.45, 2.75) is 33.3 Å². The number of amides is 1. The van der Waals surface area contributed by atoms with Crippen molar-refractivity contribution in [1.29, 1.82) is 0 Å².